The topological polar surface area (TPSA) is 127 Å². The van der Waals surface area contributed by atoms with Crippen LogP contribution in [0.15, 0.2) is 48.5 Å². The zero-order valence-electron chi connectivity index (χ0n) is 16.4. The second kappa shape index (κ2) is 9.04. The lowest BCUT2D eigenvalue weighted by Gasteiger charge is -2.12. The fraction of sp³-hybridized carbons (Fsp3) is 0.150. The Hall–Kier alpha value is -3.60. The lowest BCUT2D eigenvalue weighted by molar-refractivity contribution is 0.0995. The van der Waals surface area contributed by atoms with Gasteiger partial charge in [0.15, 0.2) is 21.3 Å². The highest BCUT2D eigenvalue weighted by Crippen LogP contribution is 2.22. The molecule has 0 fully saturated rings. The first kappa shape index (κ1) is 22.1. The number of amides is 1. The molecule has 0 atom stereocenters. The molecule has 0 saturated carbocycles. The maximum atomic E-state index is 13.9. The van der Waals surface area contributed by atoms with Crippen LogP contribution < -0.4 is 16.4 Å². The van der Waals surface area contributed by atoms with Gasteiger partial charge in [-0.15, -0.1) is 10.2 Å². The fourth-order valence-electron chi connectivity index (χ4n) is 2.79. The van der Waals surface area contributed by atoms with E-state index in [-0.39, 0.29) is 35.1 Å². The molecule has 0 spiro atoms. The Morgan fingerprint density at radius 3 is 2.29 bits per heavy atom. The predicted octanol–water partition coefficient (Wildman–Crippen LogP) is 2.75. The Balaban J connectivity index is 1.80. The molecule has 0 aliphatic rings. The minimum Gasteiger partial charge on any atom is -0.379 e. The fourth-order valence-corrected chi connectivity index (χ4v) is 3.59. The number of benzene rings is 2. The molecule has 4 N–H and O–H groups in total. The molecule has 162 valence electrons. The average Bonchev–Trinajstić information content (AvgIpc) is 2.68. The van der Waals surface area contributed by atoms with Gasteiger partial charge in [-0.25, -0.2) is 17.2 Å². The molecular weight excluding hydrogens is 428 g/mol. The van der Waals surface area contributed by atoms with E-state index in [9.17, 15) is 22.0 Å². The van der Waals surface area contributed by atoms with Crippen molar-refractivity contribution in [3.8, 4) is 0 Å². The van der Waals surface area contributed by atoms with E-state index in [1.165, 1.54) is 12.1 Å². The van der Waals surface area contributed by atoms with Gasteiger partial charge in [0.25, 0.3) is 5.91 Å². The lowest BCUT2D eigenvalue weighted by atomic mass is 10.2. The number of primary amides is 1. The molecular formula is C20H19F2N5O3S. The van der Waals surface area contributed by atoms with Crippen molar-refractivity contribution >= 4 is 32.9 Å². The molecule has 0 bridgehead atoms. The summed E-state index contributed by atoms with van der Waals surface area (Å²) in [7, 11) is -3.15. The molecule has 8 nitrogen and oxygen atoms in total. The minimum atomic E-state index is -3.15. The Bertz CT molecular complexity index is 1200. The predicted molar refractivity (Wildman–Crippen MR) is 113 cm³/mol. The first-order valence-corrected chi connectivity index (χ1v) is 11.1. The van der Waals surface area contributed by atoms with Gasteiger partial charge < -0.3 is 16.4 Å². The highest BCUT2D eigenvalue weighted by Gasteiger charge is 2.15. The number of nitrogens with two attached hydrogens (primary N) is 1. The monoisotopic (exact) mass is 447 g/mol. The first-order valence-electron chi connectivity index (χ1n) is 9.00. The second-order valence-electron chi connectivity index (χ2n) is 6.80. The highest BCUT2D eigenvalue weighted by molar-refractivity contribution is 7.89. The van der Waals surface area contributed by atoms with Crippen molar-refractivity contribution in [2.24, 2.45) is 5.73 Å². The number of rotatable bonds is 8. The zero-order chi connectivity index (χ0) is 22.6. The number of hydrogen-bond acceptors (Lipinski definition) is 7. The van der Waals surface area contributed by atoms with E-state index in [2.05, 4.69) is 20.8 Å². The van der Waals surface area contributed by atoms with Gasteiger partial charge in [0.05, 0.1) is 11.4 Å². The summed E-state index contributed by atoms with van der Waals surface area (Å²) in [4.78, 5) is 11.7. The Kier molecular flexibility index (Phi) is 6.44. The number of halogens is 2. The number of carbonyl (C=O) groups is 1. The standard InChI is InChI=1S/C20H19F2N5O3S/c1-31(29,30)11-12-5-7-13(8-6-12)25-18-9-17(19(20(23)28)27-26-18)24-10-14-15(21)3-2-4-16(14)22/h2-9H,10-11H2,1H3,(H2,23,28)(H2,24,25,26). The number of nitrogens with one attached hydrogen (secondary N) is 2. The zero-order valence-corrected chi connectivity index (χ0v) is 17.2. The van der Waals surface area contributed by atoms with Crippen LogP contribution in [0.1, 0.15) is 21.6 Å². The Morgan fingerprint density at radius 1 is 1.06 bits per heavy atom. The van der Waals surface area contributed by atoms with E-state index >= 15 is 0 Å². The van der Waals surface area contributed by atoms with Crippen molar-refractivity contribution in [3.63, 3.8) is 0 Å². The summed E-state index contributed by atoms with van der Waals surface area (Å²) >= 11 is 0. The van der Waals surface area contributed by atoms with Crippen LogP contribution in [0.5, 0.6) is 0 Å². The molecule has 2 aromatic carbocycles. The minimum absolute atomic E-state index is 0.0823. The Morgan fingerprint density at radius 2 is 1.71 bits per heavy atom. The average molecular weight is 447 g/mol. The number of carbonyl (C=O) groups excluding carboxylic acids is 1. The largest absolute Gasteiger partial charge is 0.379 e. The summed E-state index contributed by atoms with van der Waals surface area (Å²) in [5, 5.41) is 13.4. The maximum absolute atomic E-state index is 13.9. The van der Waals surface area contributed by atoms with E-state index in [1.807, 2.05) is 0 Å². The van der Waals surface area contributed by atoms with E-state index in [1.54, 1.807) is 24.3 Å². The van der Waals surface area contributed by atoms with Crippen LogP contribution in [-0.2, 0) is 22.1 Å². The molecule has 1 amide bonds. The van der Waals surface area contributed by atoms with Crippen molar-refractivity contribution in [2.45, 2.75) is 12.3 Å². The van der Waals surface area contributed by atoms with Crippen LogP contribution in [0.3, 0.4) is 0 Å². The normalized spacial score (nSPS) is 11.2. The third-order valence-corrected chi connectivity index (χ3v) is 5.06. The van der Waals surface area contributed by atoms with Gasteiger partial charge in [0.2, 0.25) is 0 Å². The van der Waals surface area contributed by atoms with Crippen LogP contribution in [0.2, 0.25) is 0 Å². The van der Waals surface area contributed by atoms with Gasteiger partial charge in [-0.05, 0) is 29.8 Å². The smallest absolute Gasteiger partial charge is 0.271 e. The van der Waals surface area contributed by atoms with Gasteiger partial charge in [0.1, 0.15) is 11.6 Å². The van der Waals surface area contributed by atoms with Crippen LogP contribution in [0.25, 0.3) is 0 Å². The number of hydrogen-bond donors (Lipinski definition) is 3. The van der Waals surface area contributed by atoms with E-state index < -0.39 is 27.4 Å². The van der Waals surface area contributed by atoms with Crippen LogP contribution >= 0.6 is 0 Å². The number of nitrogens with zero attached hydrogens (tertiary/aromatic N) is 2. The summed E-state index contributed by atoms with van der Waals surface area (Å²) in [5.74, 6) is -2.18. The molecule has 0 aliphatic heterocycles. The van der Waals surface area contributed by atoms with Gasteiger partial charge in [0, 0.05) is 30.1 Å². The van der Waals surface area contributed by atoms with Crippen molar-refractivity contribution < 1.29 is 22.0 Å². The molecule has 3 rings (SSSR count). The third-order valence-electron chi connectivity index (χ3n) is 4.20. The molecule has 0 saturated heterocycles. The summed E-state index contributed by atoms with van der Waals surface area (Å²) < 4.78 is 50.5. The van der Waals surface area contributed by atoms with Crippen molar-refractivity contribution in [1.82, 2.24) is 10.2 Å². The first-order chi connectivity index (χ1) is 14.6. The van der Waals surface area contributed by atoms with Crippen molar-refractivity contribution in [3.05, 3.63) is 77.0 Å². The quantitative estimate of drug-likeness (QED) is 0.485. The van der Waals surface area contributed by atoms with Crippen molar-refractivity contribution in [2.75, 3.05) is 16.9 Å². The van der Waals surface area contributed by atoms with E-state index in [0.717, 1.165) is 18.4 Å². The Labute approximate surface area is 177 Å². The van der Waals surface area contributed by atoms with E-state index in [0.29, 0.717) is 11.3 Å². The molecule has 0 unspecified atom stereocenters. The molecule has 1 heterocycles. The van der Waals surface area contributed by atoms with Gasteiger partial charge in [-0.3, -0.25) is 4.79 Å². The number of anilines is 3. The third kappa shape index (κ3) is 5.95. The maximum Gasteiger partial charge on any atom is 0.271 e. The molecule has 3 aromatic rings. The summed E-state index contributed by atoms with van der Waals surface area (Å²) in [6, 6.07) is 11.5. The van der Waals surface area contributed by atoms with Crippen LogP contribution in [0.4, 0.5) is 26.0 Å². The number of aromatic nitrogens is 2. The summed E-state index contributed by atoms with van der Waals surface area (Å²) in [6.45, 7) is -0.246. The van der Waals surface area contributed by atoms with Gasteiger partial charge in [-0.2, -0.15) is 0 Å². The molecule has 31 heavy (non-hydrogen) atoms. The van der Waals surface area contributed by atoms with Gasteiger partial charge >= 0.3 is 0 Å². The second-order valence-corrected chi connectivity index (χ2v) is 8.94. The molecule has 0 aliphatic carbocycles. The highest BCUT2D eigenvalue weighted by atomic mass is 32.2. The SMILES string of the molecule is CS(=O)(=O)Cc1ccc(Nc2cc(NCc3c(F)cccc3F)c(C(N)=O)nn2)cc1. The van der Waals surface area contributed by atoms with Crippen LogP contribution in [0, 0.1) is 11.6 Å². The van der Waals surface area contributed by atoms with E-state index in [4.69, 9.17) is 5.73 Å². The van der Waals surface area contributed by atoms with Crippen molar-refractivity contribution in [1.29, 1.82) is 0 Å². The summed E-state index contributed by atoms with van der Waals surface area (Å²) in [6.07, 6.45) is 1.15. The van der Waals surface area contributed by atoms with Gasteiger partial charge in [-0.1, -0.05) is 18.2 Å². The lowest BCUT2D eigenvalue weighted by Crippen LogP contribution is -2.18. The molecule has 0 radical (unpaired) electrons. The summed E-state index contributed by atoms with van der Waals surface area (Å²) in [5.41, 5.74) is 6.27. The number of sulfone groups is 1. The van der Waals surface area contributed by atoms with Crippen LogP contribution in [-0.4, -0.2) is 30.8 Å². The molecule has 11 heteroatoms. The molecule has 1 aromatic heterocycles.